The van der Waals surface area contributed by atoms with Gasteiger partial charge in [0.25, 0.3) is 0 Å². The lowest BCUT2D eigenvalue weighted by Crippen LogP contribution is -2.05. The summed E-state index contributed by atoms with van der Waals surface area (Å²) in [6.45, 7) is 9.10. The monoisotopic (exact) mass is 434 g/mol. The van der Waals surface area contributed by atoms with Gasteiger partial charge in [-0.2, -0.15) is 5.10 Å². The van der Waals surface area contributed by atoms with Crippen molar-refractivity contribution in [2.24, 2.45) is 0 Å². The summed E-state index contributed by atoms with van der Waals surface area (Å²) >= 11 is 12.5. The van der Waals surface area contributed by atoms with Crippen LogP contribution in [0.5, 0.6) is 0 Å². The van der Waals surface area contributed by atoms with Crippen LogP contribution < -0.4 is 0 Å². The molecule has 0 saturated carbocycles. The second kappa shape index (κ2) is 8.29. The van der Waals surface area contributed by atoms with Gasteiger partial charge in [-0.15, -0.1) is 0 Å². The van der Waals surface area contributed by atoms with Crippen LogP contribution in [-0.4, -0.2) is 9.78 Å². The highest BCUT2D eigenvalue weighted by Crippen LogP contribution is 2.30. The molecular formula is C26H24Cl2N2. The predicted octanol–water partition coefficient (Wildman–Crippen LogP) is 7.81. The first kappa shape index (κ1) is 20.7. The number of aromatic nitrogens is 2. The third-order valence-electron chi connectivity index (χ3n) is 5.72. The van der Waals surface area contributed by atoms with E-state index >= 15 is 0 Å². The van der Waals surface area contributed by atoms with Crippen LogP contribution in [0.2, 0.25) is 10.0 Å². The van der Waals surface area contributed by atoms with Crippen molar-refractivity contribution in [2.75, 3.05) is 0 Å². The molecule has 3 aromatic carbocycles. The second-order valence-electron chi connectivity index (χ2n) is 7.91. The first-order valence-corrected chi connectivity index (χ1v) is 10.7. The topological polar surface area (TPSA) is 17.8 Å². The third kappa shape index (κ3) is 4.16. The van der Waals surface area contributed by atoms with Gasteiger partial charge in [0.2, 0.25) is 0 Å². The summed E-state index contributed by atoms with van der Waals surface area (Å²) in [6.07, 6.45) is 0. The van der Waals surface area contributed by atoms with Crippen molar-refractivity contribution in [1.29, 1.82) is 0 Å². The molecule has 0 aliphatic carbocycles. The Morgan fingerprint density at radius 1 is 0.700 bits per heavy atom. The van der Waals surface area contributed by atoms with E-state index in [2.05, 4.69) is 70.2 Å². The minimum Gasteiger partial charge on any atom is -0.260 e. The smallest absolute Gasteiger partial charge is 0.0929 e. The van der Waals surface area contributed by atoms with Gasteiger partial charge < -0.3 is 0 Å². The van der Waals surface area contributed by atoms with E-state index in [4.69, 9.17) is 28.3 Å². The van der Waals surface area contributed by atoms with Crippen LogP contribution in [0.25, 0.3) is 22.5 Å². The molecule has 0 unspecified atom stereocenters. The quantitative estimate of drug-likeness (QED) is 0.320. The van der Waals surface area contributed by atoms with E-state index in [9.17, 15) is 0 Å². The van der Waals surface area contributed by atoms with Crippen LogP contribution in [0.1, 0.15) is 27.8 Å². The fourth-order valence-corrected chi connectivity index (χ4v) is 3.99. The fraction of sp³-hybridized carbons (Fsp3) is 0.192. The lowest BCUT2D eigenvalue weighted by atomic mass is 10.0. The van der Waals surface area contributed by atoms with Gasteiger partial charge in [-0.25, -0.2) is 0 Å². The Morgan fingerprint density at radius 2 is 1.33 bits per heavy atom. The Kier molecular flexibility index (Phi) is 5.73. The molecule has 4 rings (SSSR count). The highest BCUT2D eigenvalue weighted by atomic mass is 35.5. The molecule has 0 aliphatic rings. The molecule has 0 N–H and O–H groups in total. The molecular weight excluding hydrogens is 411 g/mol. The second-order valence-corrected chi connectivity index (χ2v) is 8.75. The number of nitrogens with zero attached hydrogens (tertiary/aromatic N) is 2. The molecule has 0 saturated heterocycles. The third-order valence-corrected chi connectivity index (χ3v) is 6.31. The molecule has 2 nitrogen and oxygen atoms in total. The van der Waals surface area contributed by atoms with E-state index in [0.717, 1.165) is 28.1 Å². The minimum absolute atomic E-state index is 0.573. The number of aryl methyl sites for hydroxylation is 4. The van der Waals surface area contributed by atoms with Crippen molar-refractivity contribution < 1.29 is 0 Å². The van der Waals surface area contributed by atoms with Crippen molar-refractivity contribution in [3.63, 3.8) is 0 Å². The summed E-state index contributed by atoms with van der Waals surface area (Å²) in [4.78, 5) is 0. The Labute approximate surface area is 188 Å². The van der Waals surface area contributed by atoms with Gasteiger partial charge in [-0.3, -0.25) is 4.68 Å². The number of hydrogen-bond donors (Lipinski definition) is 0. The van der Waals surface area contributed by atoms with E-state index in [1.54, 1.807) is 6.07 Å². The summed E-state index contributed by atoms with van der Waals surface area (Å²) in [5, 5.41) is 6.25. The van der Waals surface area contributed by atoms with Gasteiger partial charge in [-0.1, -0.05) is 53.5 Å². The summed E-state index contributed by atoms with van der Waals surface area (Å²) in [5.74, 6) is 0. The van der Waals surface area contributed by atoms with Crippen LogP contribution >= 0.6 is 23.2 Å². The van der Waals surface area contributed by atoms with Gasteiger partial charge in [0.1, 0.15) is 0 Å². The number of halogens is 2. The number of benzene rings is 3. The van der Waals surface area contributed by atoms with Gasteiger partial charge >= 0.3 is 0 Å². The standard InChI is InChI=1S/C26H24Cl2N2/c1-16-5-7-20(11-18(16)3)25-14-26(21-8-6-17(2)19(4)12-21)30(29-25)15-22-9-10-23(27)13-24(22)28/h5-14H,15H2,1-4H3. The molecule has 0 spiro atoms. The Balaban J connectivity index is 1.84. The summed E-state index contributed by atoms with van der Waals surface area (Å²) in [7, 11) is 0. The average Bonchev–Trinajstić information content (AvgIpc) is 3.12. The van der Waals surface area contributed by atoms with Crippen molar-refractivity contribution >= 4 is 23.2 Å². The average molecular weight is 435 g/mol. The van der Waals surface area contributed by atoms with Gasteiger partial charge in [0.05, 0.1) is 17.9 Å². The molecule has 0 bridgehead atoms. The molecule has 1 heterocycles. The first-order chi connectivity index (χ1) is 14.3. The van der Waals surface area contributed by atoms with Crippen LogP contribution in [0.15, 0.2) is 60.7 Å². The van der Waals surface area contributed by atoms with E-state index in [1.807, 2.05) is 16.8 Å². The zero-order valence-electron chi connectivity index (χ0n) is 17.6. The van der Waals surface area contributed by atoms with Gasteiger partial charge in [0, 0.05) is 21.2 Å². The van der Waals surface area contributed by atoms with Crippen molar-refractivity contribution in [2.45, 2.75) is 34.2 Å². The Bertz CT molecular complexity index is 1240. The van der Waals surface area contributed by atoms with Crippen LogP contribution in [0.4, 0.5) is 0 Å². The van der Waals surface area contributed by atoms with Gasteiger partial charge in [-0.05, 0) is 85.8 Å². The van der Waals surface area contributed by atoms with Crippen LogP contribution in [0, 0.1) is 27.7 Å². The van der Waals surface area contributed by atoms with Crippen LogP contribution in [-0.2, 0) is 6.54 Å². The maximum Gasteiger partial charge on any atom is 0.0929 e. The SMILES string of the molecule is Cc1ccc(-c2cc(-c3ccc(C)c(C)c3)n(Cc3ccc(Cl)cc3Cl)n2)cc1C. The number of hydrogen-bond acceptors (Lipinski definition) is 1. The van der Waals surface area contributed by atoms with E-state index < -0.39 is 0 Å². The molecule has 0 aliphatic heterocycles. The highest BCUT2D eigenvalue weighted by molar-refractivity contribution is 6.35. The van der Waals surface area contributed by atoms with Crippen molar-refractivity contribution in [3.8, 4) is 22.5 Å². The number of rotatable bonds is 4. The largest absolute Gasteiger partial charge is 0.260 e. The molecule has 4 aromatic rings. The van der Waals surface area contributed by atoms with Crippen molar-refractivity contribution in [1.82, 2.24) is 9.78 Å². The Hall–Kier alpha value is -2.55. The molecule has 30 heavy (non-hydrogen) atoms. The van der Waals surface area contributed by atoms with Crippen molar-refractivity contribution in [3.05, 3.63) is 98.5 Å². The van der Waals surface area contributed by atoms with Crippen LogP contribution in [0.3, 0.4) is 0 Å². The molecule has 0 radical (unpaired) electrons. The van der Waals surface area contributed by atoms with E-state index in [1.165, 1.54) is 22.3 Å². The molecule has 0 atom stereocenters. The summed E-state index contributed by atoms with van der Waals surface area (Å²) in [6, 6.07) is 20.8. The molecule has 0 fully saturated rings. The lowest BCUT2D eigenvalue weighted by Gasteiger charge is -2.11. The zero-order chi connectivity index (χ0) is 21.4. The van der Waals surface area contributed by atoms with E-state index in [-0.39, 0.29) is 0 Å². The molecule has 0 amide bonds. The van der Waals surface area contributed by atoms with Gasteiger partial charge in [0.15, 0.2) is 0 Å². The van der Waals surface area contributed by atoms with E-state index in [0.29, 0.717) is 16.6 Å². The maximum absolute atomic E-state index is 6.46. The maximum atomic E-state index is 6.46. The lowest BCUT2D eigenvalue weighted by molar-refractivity contribution is 0.697. The predicted molar refractivity (Wildman–Crippen MR) is 128 cm³/mol. The zero-order valence-corrected chi connectivity index (χ0v) is 19.1. The normalized spacial score (nSPS) is 11.1. The fourth-order valence-electron chi connectivity index (χ4n) is 3.52. The molecule has 1 aromatic heterocycles. The first-order valence-electron chi connectivity index (χ1n) is 9.99. The minimum atomic E-state index is 0.573. The Morgan fingerprint density at radius 3 is 1.97 bits per heavy atom. The molecule has 152 valence electrons. The molecule has 4 heteroatoms. The highest BCUT2D eigenvalue weighted by Gasteiger charge is 2.14. The summed E-state index contributed by atoms with van der Waals surface area (Å²) < 4.78 is 2.03. The summed E-state index contributed by atoms with van der Waals surface area (Å²) in [5.41, 5.74) is 10.3.